The smallest absolute Gasteiger partial charge is 0.241 e. The second kappa shape index (κ2) is 6.55. The number of hydrogen-bond donors (Lipinski definition) is 2. The highest BCUT2D eigenvalue weighted by Crippen LogP contribution is 2.18. The van der Waals surface area contributed by atoms with E-state index in [0.29, 0.717) is 12.1 Å². The lowest BCUT2D eigenvalue weighted by molar-refractivity contribution is -0.122. The Kier molecular flexibility index (Phi) is 4.77. The highest BCUT2D eigenvalue weighted by Gasteiger charge is 2.21. The third kappa shape index (κ3) is 3.71. The second-order valence-corrected chi connectivity index (χ2v) is 5.16. The van der Waals surface area contributed by atoms with Crippen LogP contribution in [-0.2, 0) is 11.8 Å². The van der Waals surface area contributed by atoms with Crippen molar-refractivity contribution in [3.63, 3.8) is 0 Å². The third-order valence-corrected chi connectivity index (χ3v) is 3.33. The molecule has 0 aliphatic carbocycles. The number of carbonyl (C=O) groups excluding carboxylic acids is 1. The van der Waals surface area contributed by atoms with Crippen molar-refractivity contribution in [1.82, 2.24) is 20.0 Å². The van der Waals surface area contributed by atoms with Crippen LogP contribution in [0.2, 0.25) is 0 Å². The van der Waals surface area contributed by atoms with Gasteiger partial charge in [0.15, 0.2) is 0 Å². The molecule has 0 fully saturated rings. The third-order valence-electron chi connectivity index (χ3n) is 3.33. The van der Waals surface area contributed by atoms with Crippen LogP contribution < -0.4 is 11.1 Å². The standard InChI is InChI=1S/C14H21N5O2/c1-18(2)11(12-5-4-6-21-12)8-16-14(20)13(15)10-7-17-19(3)9-10/h4-7,9,11,13H,8,15H2,1-3H3,(H,16,20). The van der Waals surface area contributed by atoms with Crippen molar-refractivity contribution in [2.24, 2.45) is 12.8 Å². The molecule has 0 saturated carbocycles. The Morgan fingerprint density at radius 1 is 1.57 bits per heavy atom. The van der Waals surface area contributed by atoms with E-state index in [9.17, 15) is 4.79 Å². The molecule has 2 aromatic heterocycles. The number of nitrogens with two attached hydrogens (primary N) is 1. The summed E-state index contributed by atoms with van der Waals surface area (Å²) < 4.78 is 7.02. The van der Waals surface area contributed by atoms with E-state index in [1.165, 1.54) is 0 Å². The van der Waals surface area contributed by atoms with Crippen molar-refractivity contribution in [2.75, 3.05) is 20.6 Å². The topological polar surface area (TPSA) is 89.3 Å². The van der Waals surface area contributed by atoms with Gasteiger partial charge in [-0.3, -0.25) is 14.4 Å². The Balaban J connectivity index is 1.96. The number of likely N-dealkylation sites (N-methyl/N-ethyl adjacent to an activating group) is 1. The molecule has 2 unspecified atom stereocenters. The van der Waals surface area contributed by atoms with Gasteiger partial charge in [0, 0.05) is 25.4 Å². The lowest BCUT2D eigenvalue weighted by atomic mass is 10.1. The van der Waals surface area contributed by atoms with Crippen LogP contribution in [0.1, 0.15) is 23.4 Å². The molecule has 0 aliphatic heterocycles. The molecular formula is C14H21N5O2. The molecule has 0 saturated heterocycles. The first-order valence-corrected chi connectivity index (χ1v) is 6.70. The number of aromatic nitrogens is 2. The van der Waals surface area contributed by atoms with E-state index >= 15 is 0 Å². The molecule has 114 valence electrons. The summed E-state index contributed by atoms with van der Waals surface area (Å²) in [5, 5.41) is 6.87. The molecule has 0 radical (unpaired) electrons. The van der Waals surface area contributed by atoms with Gasteiger partial charge in [0.2, 0.25) is 5.91 Å². The van der Waals surface area contributed by atoms with Gasteiger partial charge in [-0.05, 0) is 26.2 Å². The molecule has 2 atom stereocenters. The molecular weight excluding hydrogens is 270 g/mol. The summed E-state index contributed by atoms with van der Waals surface area (Å²) in [6.07, 6.45) is 4.95. The summed E-state index contributed by atoms with van der Waals surface area (Å²) in [5.74, 6) is 0.566. The van der Waals surface area contributed by atoms with Crippen LogP contribution in [0.25, 0.3) is 0 Å². The summed E-state index contributed by atoms with van der Waals surface area (Å²) in [6.45, 7) is 0.424. The molecule has 0 aliphatic rings. The lowest BCUT2D eigenvalue weighted by Gasteiger charge is -2.23. The molecule has 0 aromatic carbocycles. The summed E-state index contributed by atoms with van der Waals surface area (Å²) in [6, 6.07) is 2.95. The van der Waals surface area contributed by atoms with Crippen molar-refractivity contribution < 1.29 is 9.21 Å². The van der Waals surface area contributed by atoms with Crippen molar-refractivity contribution in [3.8, 4) is 0 Å². The number of aryl methyl sites for hydroxylation is 1. The molecule has 2 rings (SSSR count). The van der Waals surface area contributed by atoms with Gasteiger partial charge < -0.3 is 15.5 Å². The fourth-order valence-corrected chi connectivity index (χ4v) is 2.08. The zero-order valence-electron chi connectivity index (χ0n) is 12.5. The van der Waals surface area contributed by atoms with E-state index in [-0.39, 0.29) is 11.9 Å². The maximum Gasteiger partial charge on any atom is 0.241 e. The van der Waals surface area contributed by atoms with E-state index in [2.05, 4.69) is 10.4 Å². The van der Waals surface area contributed by atoms with Gasteiger partial charge in [-0.15, -0.1) is 0 Å². The largest absolute Gasteiger partial charge is 0.468 e. The van der Waals surface area contributed by atoms with E-state index in [0.717, 1.165) is 5.76 Å². The summed E-state index contributed by atoms with van der Waals surface area (Å²) in [4.78, 5) is 14.1. The molecule has 21 heavy (non-hydrogen) atoms. The maximum absolute atomic E-state index is 12.1. The fourth-order valence-electron chi connectivity index (χ4n) is 2.08. The normalized spacial score (nSPS) is 14.1. The number of furan rings is 1. The summed E-state index contributed by atoms with van der Waals surface area (Å²) in [7, 11) is 5.65. The lowest BCUT2D eigenvalue weighted by Crippen LogP contribution is -2.39. The average Bonchev–Trinajstić information content (AvgIpc) is 3.09. The Morgan fingerprint density at radius 2 is 2.33 bits per heavy atom. The minimum absolute atomic E-state index is 0.0370. The molecule has 0 bridgehead atoms. The zero-order chi connectivity index (χ0) is 15.4. The first kappa shape index (κ1) is 15.3. The predicted octanol–water partition coefficient (Wildman–Crippen LogP) is 0.432. The molecule has 2 aromatic rings. The van der Waals surface area contributed by atoms with E-state index in [1.807, 2.05) is 31.1 Å². The first-order chi connectivity index (χ1) is 9.99. The monoisotopic (exact) mass is 291 g/mol. The molecule has 1 amide bonds. The van der Waals surface area contributed by atoms with Crippen molar-refractivity contribution in [1.29, 1.82) is 0 Å². The molecule has 3 N–H and O–H groups in total. The number of carbonyl (C=O) groups is 1. The van der Waals surface area contributed by atoms with Crippen molar-refractivity contribution in [2.45, 2.75) is 12.1 Å². The first-order valence-electron chi connectivity index (χ1n) is 6.70. The van der Waals surface area contributed by atoms with Gasteiger partial charge >= 0.3 is 0 Å². The van der Waals surface area contributed by atoms with Crippen molar-refractivity contribution >= 4 is 5.91 Å². The van der Waals surface area contributed by atoms with Gasteiger partial charge in [0.05, 0.1) is 18.5 Å². The van der Waals surface area contributed by atoms with Gasteiger partial charge in [-0.25, -0.2) is 0 Å². The second-order valence-electron chi connectivity index (χ2n) is 5.16. The van der Waals surface area contributed by atoms with Crippen LogP contribution in [0.4, 0.5) is 0 Å². The molecule has 0 spiro atoms. The highest BCUT2D eigenvalue weighted by atomic mass is 16.3. The Labute approximate surface area is 123 Å². The summed E-state index contributed by atoms with van der Waals surface area (Å²) in [5.41, 5.74) is 6.62. The Bertz CT molecular complexity index is 576. The highest BCUT2D eigenvalue weighted by molar-refractivity contribution is 5.82. The number of hydrogen-bond acceptors (Lipinski definition) is 5. The quantitative estimate of drug-likeness (QED) is 0.805. The number of rotatable bonds is 6. The van der Waals surface area contributed by atoms with Gasteiger partial charge in [-0.2, -0.15) is 5.10 Å². The predicted molar refractivity (Wildman–Crippen MR) is 78.3 cm³/mol. The van der Waals surface area contributed by atoms with Crippen LogP contribution in [0.15, 0.2) is 35.2 Å². The maximum atomic E-state index is 12.1. The van der Waals surface area contributed by atoms with Gasteiger partial charge in [0.25, 0.3) is 0 Å². The van der Waals surface area contributed by atoms with Gasteiger partial charge in [-0.1, -0.05) is 0 Å². The van der Waals surface area contributed by atoms with Crippen LogP contribution in [0.3, 0.4) is 0 Å². The Morgan fingerprint density at radius 3 is 2.86 bits per heavy atom. The fraction of sp³-hybridized carbons (Fsp3) is 0.429. The minimum Gasteiger partial charge on any atom is -0.468 e. The van der Waals surface area contributed by atoms with E-state index in [1.54, 1.807) is 30.4 Å². The van der Waals surface area contributed by atoms with Crippen LogP contribution in [0.5, 0.6) is 0 Å². The molecule has 7 heteroatoms. The molecule has 7 nitrogen and oxygen atoms in total. The SMILES string of the molecule is CN(C)C(CNC(=O)C(N)c1cnn(C)c1)c1ccco1. The Hall–Kier alpha value is -2.12. The number of amides is 1. The number of nitrogens with zero attached hydrogens (tertiary/aromatic N) is 3. The van der Waals surface area contributed by atoms with Crippen LogP contribution in [-0.4, -0.2) is 41.2 Å². The average molecular weight is 291 g/mol. The molecule has 2 heterocycles. The van der Waals surface area contributed by atoms with E-state index < -0.39 is 6.04 Å². The summed E-state index contributed by atoms with van der Waals surface area (Å²) >= 11 is 0. The van der Waals surface area contributed by atoms with Crippen molar-refractivity contribution in [3.05, 3.63) is 42.1 Å². The minimum atomic E-state index is -0.724. The van der Waals surface area contributed by atoms with E-state index in [4.69, 9.17) is 10.2 Å². The zero-order valence-corrected chi connectivity index (χ0v) is 12.5. The van der Waals surface area contributed by atoms with Gasteiger partial charge in [0.1, 0.15) is 11.8 Å². The van der Waals surface area contributed by atoms with Crippen LogP contribution in [0, 0.1) is 0 Å². The number of nitrogens with one attached hydrogen (secondary N) is 1. The van der Waals surface area contributed by atoms with Crippen LogP contribution >= 0.6 is 0 Å².